The molecule has 19 heavy (non-hydrogen) atoms. The molecule has 0 radical (unpaired) electrons. The maximum absolute atomic E-state index is 11.5. The summed E-state index contributed by atoms with van der Waals surface area (Å²) in [7, 11) is 3.21. The Kier molecular flexibility index (Phi) is 5.35. The number of carbonyl (C=O) groups is 2. The molecule has 1 aromatic carbocycles. The zero-order valence-corrected chi connectivity index (χ0v) is 10.8. The van der Waals surface area contributed by atoms with Gasteiger partial charge < -0.3 is 15.0 Å². The van der Waals surface area contributed by atoms with Crippen LogP contribution in [0.1, 0.15) is 5.56 Å². The molecule has 0 aliphatic rings. The highest BCUT2D eigenvalue weighted by Crippen LogP contribution is 2.15. The normalized spacial score (nSPS) is 9.32. The molecule has 0 aliphatic heterocycles. The lowest BCUT2D eigenvalue weighted by Crippen LogP contribution is -2.38. The number of nitriles is 1. The summed E-state index contributed by atoms with van der Waals surface area (Å²) < 4.78 is 5.22. The molecule has 1 N–H and O–H groups in total. The second-order valence-electron chi connectivity index (χ2n) is 3.96. The minimum absolute atomic E-state index is 0.0743. The van der Waals surface area contributed by atoms with E-state index >= 15 is 0 Å². The summed E-state index contributed by atoms with van der Waals surface area (Å²) in [5.41, 5.74) is 0.361. The van der Waals surface area contributed by atoms with Gasteiger partial charge in [0.1, 0.15) is 11.8 Å². The van der Waals surface area contributed by atoms with Crippen LogP contribution in [-0.2, 0) is 9.59 Å². The molecule has 1 rings (SSSR count). The molecule has 2 amide bonds. The smallest absolute Gasteiger partial charge is 0.258 e. The first-order valence-corrected chi connectivity index (χ1v) is 5.63. The Morgan fingerprint density at radius 1 is 1.37 bits per heavy atom. The monoisotopic (exact) mass is 261 g/mol. The highest BCUT2D eigenvalue weighted by molar-refractivity contribution is 5.85. The van der Waals surface area contributed by atoms with E-state index in [0.29, 0.717) is 11.3 Å². The van der Waals surface area contributed by atoms with E-state index in [-0.39, 0.29) is 19.1 Å². The number of ether oxygens (including phenoxy) is 1. The number of carbonyl (C=O) groups excluding carboxylic acids is 2. The van der Waals surface area contributed by atoms with Gasteiger partial charge in [-0.05, 0) is 12.1 Å². The molecule has 0 atom stereocenters. The highest BCUT2D eigenvalue weighted by Gasteiger charge is 2.09. The predicted molar refractivity (Wildman–Crippen MR) is 68.4 cm³/mol. The average molecular weight is 261 g/mol. The summed E-state index contributed by atoms with van der Waals surface area (Å²) >= 11 is 0. The van der Waals surface area contributed by atoms with Gasteiger partial charge in [0.05, 0.1) is 12.1 Å². The number of hydrogen-bond donors (Lipinski definition) is 1. The fraction of sp³-hybridized carbons (Fsp3) is 0.308. The van der Waals surface area contributed by atoms with Crippen LogP contribution in [0.2, 0.25) is 0 Å². The quantitative estimate of drug-likeness (QED) is 0.817. The van der Waals surface area contributed by atoms with Crippen molar-refractivity contribution in [1.82, 2.24) is 10.2 Å². The van der Waals surface area contributed by atoms with E-state index in [4.69, 9.17) is 10.00 Å². The zero-order chi connectivity index (χ0) is 14.3. The highest BCUT2D eigenvalue weighted by atomic mass is 16.5. The molecule has 0 unspecified atom stereocenters. The van der Waals surface area contributed by atoms with Crippen LogP contribution in [0.3, 0.4) is 0 Å². The third kappa shape index (κ3) is 4.68. The molecule has 100 valence electrons. The van der Waals surface area contributed by atoms with Gasteiger partial charge in [0.2, 0.25) is 5.91 Å². The Balaban J connectivity index is 2.43. The zero-order valence-electron chi connectivity index (χ0n) is 10.8. The summed E-state index contributed by atoms with van der Waals surface area (Å²) in [6.45, 7) is -0.311. The molecule has 0 heterocycles. The van der Waals surface area contributed by atoms with E-state index in [1.54, 1.807) is 38.4 Å². The van der Waals surface area contributed by atoms with Crippen LogP contribution in [0.15, 0.2) is 24.3 Å². The second kappa shape index (κ2) is 7.01. The van der Waals surface area contributed by atoms with E-state index < -0.39 is 5.91 Å². The lowest BCUT2D eigenvalue weighted by molar-refractivity contribution is -0.131. The lowest BCUT2D eigenvalue weighted by Gasteiger charge is -2.11. The van der Waals surface area contributed by atoms with Crippen molar-refractivity contribution in [2.24, 2.45) is 0 Å². The SMILES string of the molecule is CN(C)C(=O)CNC(=O)COc1ccccc1C#N. The number of rotatable bonds is 5. The number of para-hydroxylation sites is 1. The molecule has 0 spiro atoms. The van der Waals surface area contributed by atoms with Gasteiger partial charge in [-0.2, -0.15) is 5.26 Å². The van der Waals surface area contributed by atoms with Crippen LogP contribution in [-0.4, -0.2) is 44.0 Å². The van der Waals surface area contributed by atoms with Crippen LogP contribution >= 0.6 is 0 Å². The third-order valence-corrected chi connectivity index (χ3v) is 2.30. The van der Waals surface area contributed by atoms with Crippen LogP contribution in [0.5, 0.6) is 5.75 Å². The van der Waals surface area contributed by atoms with E-state index in [2.05, 4.69) is 5.32 Å². The Morgan fingerprint density at radius 2 is 2.05 bits per heavy atom. The van der Waals surface area contributed by atoms with E-state index in [1.807, 2.05) is 6.07 Å². The first kappa shape index (κ1) is 14.5. The number of nitrogens with one attached hydrogen (secondary N) is 1. The van der Waals surface area contributed by atoms with Gasteiger partial charge in [0, 0.05) is 14.1 Å². The van der Waals surface area contributed by atoms with Gasteiger partial charge >= 0.3 is 0 Å². The third-order valence-electron chi connectivity index (χ3n) is 2.30. The van der Waals surface area contributed by atoms with Crippen molar-refractivity contribution in [3.63, 3.8) is 0 Å². The summed E-state index contributed by atoms with van der Waals surface area (Å²) in [6, 6.07) is 8.60. The molecule has 0 bridgehead atoms. The van der Waals surface area contributed by atoms with Crippen molar-refractivity contribution in [3.8, 4) is 11.8 Å². The van der Waals surface area contributed by atoms with Crippen molar-refractivity contribution in [1.29, 1.82) is 5.26 Å². The molecular formula is C13H15N3O3. The Hall–Kier alpha value is -2.55. The van der Waals surface area contributed by atoms with E-state index in [0.717, 1.165) is 0 Å². The molecule has 0 aromatic heterocycles. The number of benzene rings is 1. The molecule has 0 saturated heterocycles. The molecule has 1 aromatic rings. The first-order valence-electron chi connectivity index (χ1n) is 5.63. The van der Waals surface area contributed by atoms with E-state index in [9.17, 15) is 9.59 Å². The Bertz CT molecular complexity index is 506. The topological polar surface area (TPSA) is 82.4 Å². The van der Waals surface area contributed by atoms with Crippen molar-refractivity contribution in [2.75, 3.05) is 27.2 Å². The van der Waals surface area contributed by atoms with Crippen LogP contribution in [0.25, 0.3) is 0 Å². The fourth-order valence-corrected chi connectivity index (χ4v) is 1.21. The average Bonchev–Trinajstić information content (AvgIpc) is 2.42. The van der Waals surface area contributed by atoms with Crippen LogP contribution < -0.4 is 10.1 Å². The molecule has 0 aliphatic carbocycles. The minimum Gasteiger partial charge on any atom is -0.482 e. The van der Waals surface area contributed by atoms with Crippen LogP contribution in [0, 0.1) is 11.3 Å². The lowest BCUT2D eigenvalue weighted by atomic mass is 10.2. The number of hydrogen-bond acceptors (Lipinski definition) is 4. The fourth-order valence-electron chi connectivity index (χ4n) is 1.21. The van der Waals surface area contributed by atoms with Crippen molar-refractivity contribution in [3.05, 3.63) is 29.8 Å². The largest absolute Gasteiger partial charge is 0.482 e. The minimum atomic E-state index is -0.414. The van der Waals surface area contributed by atoms with Gasteiger partial charge in [-0.3, -0.25) is 9.59 Å². The maximum Gasteiger partial charge on any atom is 0.258 e. The molecule has 0 saturated carbocycles. The summed E-state index contributed by atoms with van der Waals surface area (Å²) in [5, 5.41) is 11.3. The summed E-state index contributed by atoms with van der Waals surface area (Å²) in [4.78, 5) is 24.1. The van der Waals surface area contributed by atoms with E-state index in [1.165, 1.54) is 4.90 Å². The van der Waals surface area contributed by atoms with Crippen molar-refractivity contribution >= 4 is 11.8 Å². The first-order chi connectivity index (χ1) is 9.04. The van der Waals surface area contributed by atoms with Gasteiger partial charge in [-0.15, -0.1) is 0 Å². The Morgan fingerprint density at radius 3 is 2.68 bits per heavy atom. The molecular weight excluding hydrogens is 246 g/mol. The number of amides is 2. The standard InChI is InChI=1S/C13H15N3O3/c1-16(2)13(18)8-15-12(17)9-19-11-6-4-3-5-10(11)7-14/h3-6H,8-9H2,1-2H3,(H,15,17). The molecule has 6 heteroatoms. The van der Waals surface area contributed by atoms with Gasteiger partial charge in [-0.25, -0.2) is 0 Å². The van der Waals surface area contributed by atoms with Gasteiger partial charge in [-0.1, -0.05) is 12.1 Å². The van der Waals surface area contributed by atoms with Gasteiger partial charge in [0.15, 0.2) is 6.61 Å². The number of likely N-dealkylation sites (N-methyl/N-ethyl adjacent to an activating group) is 1. The molecule has 0 fully saturated rings. The maximum atomic E-state index is 11.5. The van der Waals surface area contributed by atoms with Crippen molar-refractivity contribution < 1.29 is 14.3 Å². The number of nitrogens with zero attached hydrogens (tertiary/aromatic N) is 2. The second-order valence-corrected chi connectivity index (χ2v) is 3.96. The molecule has 6 nitrogen and oxygen atoms in total. The van der Waals surface area contributed by atoms with Crippen LogP contribution in [0.4, 0.5) is 0 Å². The van der Waals surface area contributed by atoms with Crippen molar-refractivity contribution in [2.45, 2.75) is 0 Å². The van der Waals surface area contributed by atoms with Gasteiger partial charge in [0.25, 0.3) is 5.91 Å². The predicted octanol–water partition coefficient (Wildman–Crippen LogP) is 0.141. The summed E-state index contributed by atoms with van der Waals surface area (Å²) in [5.74, 6) is -0.271. The Labute approximate surface area is 111 Å². The summed E-state index contributed by atoms with van der Waals surface area (Å²) in [6.07, 6.45) is 0.